The summed E-state index contributed by atoms with van der Waals surface area (Å²) < 4.78 is 0. The Balaban J connectivity index is 1.55. The molecule has 0 radical (unpaired) electrons. The van der Waals surface area contributed by atoms with Gasteiger partial charge in [0.05, 0.1) is 6.54 Å². The minimum absolute atomic E-state index is 0.247. The molecule has 2 aromatic rings. The smallest absolute Gasteiger partial charge is 0.321 e. The Morgan fingerprint density at radius 3 is 2.84 bits per heavy atom. The number of thiophene rings is 1. The Kier molecular flexibility index (Phi) is 5.20. The summed E-state index contributed by atoms with van der Waals surface area (Å²) in [5.41, 5.74) is 4.16. The molecule has 1 aliphatic rings. The number of imide groups is 1. The topological polar surface area (TPSA) is 62.6 Å². The van der Waals surface area contributed by atoms with E-state index in [0.29, 0.717) is 6.54 Å². The number of hydrogen-bond donors (Lipinski definition) is 3. The van der Waals surface area contributed by atoms with E-state index in [-0.39, 0.29) is 11.9 Å². The summed E-state index contributed by atoms with van der Waals surface area (Å²) in [4.78, 5) is 27.0. The molecule has 2 atom stereocenters. The first kappa shape index (κ1) is 17.6. The predicted molar refractivity (Wildman–Crippen MR) is 100 cm³/mol. The molecule has 1 unspecified atom stereocenters. The van der Waals surface area contributed by atoms with Crippen molar-refractivity contribution in [3.63, 3.8) is 0 Å². The van der Waals surface area contributed by atoms with Crippen LogP contribution in [-0.2, 0) is 11.2 Å². The molecule has 0 aliphatic carbocycles. The Bertz CT molecular complexity index is 800. The van der Waals surface area contributed by atoms with Crippen LogP contribution in [0.4, 0.5) is 10.5 Å². The maximum absolute atomic E-state index is 12.3. The zero-order chi connectivity index (χ0) is 18.0. The molecular weight excluding hydrogens is 334 g/mol. The van der Waals surface area contributed by atoms with Crippen molar-refractivity contribution in [2.45, 2.75) is 33.2 Å². The molecule has 0 bridgehead atoms. The van der Waals surface area contributed by atoms with Gasteiger partial charge in [-0.25, -0.2) is 4.79 Å². The first-order valence-corrected chi connectivity index (χ1v) is 9.41. The molecule has 1 aromatic carbocycles. The number of urea groups is 1. The highest BCUT2D eigenvalue weighted by atomic mass is 32.1. The van der Waals surface area contributed by atoms with Crippen LogP contribution in [0.15, 0.2) is 29.6 Å². The van der Waals surface area contributed by atoms with Gasteiger partial charge in [0.25, 0.3) is 5.91 Å². The number of anilines is 1. The predicted octanol–water partition coefficient (Wildman–Crippen LogP) is 2.22. The molecule has 132 valence electrons. The summed E-state index contributed by atoms with van der Waals surface area (Å²) in [6.45, 7) is 7.30. The normalized spacial score (nSPS) is 19.2. The summed E-state index contributed by atoms with van der Waals surface area (Å²) in [5.74, 6) is -0.247. The number of carbonyl (C=O) groups is 2. The van der Waals surface area contributed by atoms with E-state index in [1.54, 1.807) is 11.3 Å². The van der Waals surface area contributed by atoms with Crippen LogP contribution >= 0.6 is 11.3 Å². The van der Waals surface area contributed by atoms with Crippen molar-refractivity contribution < 1.29 is 14.5 Å². The van der Waals surface area contributed by atoms with Crippen molar-refractivity contribution in [3.8, 4) is 0 Å². The van der Waals surface area contributed by atoms with Crippen molar-refractivity contribution >= 4 is 29.0 Å². The van der Waals surface area contributed by atoms with Gasteiger partial charge in [-0.15, -0.1) is 11.3 Å². The molecule has 1 aromatic heterocycles. The van der Waals surface area contributed by atoms with Crippen LogP contribution in [0.1, 0.15) is 34.5 Å². The van der Waals surface area contributed by atoms with Gasteiger partial charge in [0.2, 0.25) is 0 Å². The molecule has 3 N–H and O–H groups in total. The Labute approximate surface area is 152 Å². The van der Waals surface area contributed by atoms with E-state index in [1.165, 1.54) is 15.3 Å². The largest absolute Gasteiger partial charge is 0.326 e. The van der Waals surface area contributed by atoms with E-state index in [1.807, 2.05) is 32.0 Å². The number of rotatable bonds is 3. The van der Waals surface area contributed by atoms with E-state index in [9.17, 15) is 9.59 Å². The average molecular weight is 358 g/mol. The number of aryl methyl sites for hydroxylation is 2. The fraction of sp³-hybridized carbons (Fsp3) is 0.368. The molecule has 3 amide bonds. The minimum atomic E-state index is -0.475. The number of amides is 3. The van der Waals surface area contributed by atoms with Gasteiger partial charge in [-0.3, -0.25) is 10.1 Å². The van der Waals surface area contributed by atoms with Crippen LogP contribution in [0.25, 0.3) is 0 Å². The summed E-state index contributed by atoms with van der Waals surface area (Å²) >= 11 is 1.79. The highest BCUT2D eigenvalue weighted by molar-refractivity contribution is 7.10. The lowest BCUT2D eigenvalue weighted by Gasteiger charge is -2.29. The van der Waals surface area contributed by atoms with Crippen LogP contribution in [0.2, 0.25) is 0 Å². The second-order valence-corrected chi connectivity index (χ2v) is 7.68. The summed E-state index contributed by atoms with van der Waals surface area (Å²) in [6.07, 6.45) is 0.995. The Morgan fingerprint density at radius 1 is 1.28 bits per heavy atom. The fourth-order valence-corrected chi connectivity index (χ4v) is 4.36. The molecule has 0 spiro atoms. The van der Waals surface area contributed by atoms with Crippen molar-refractivity contribution in [2.75, 3.05) is 18.4 Å². The zero-order valence-electron chi connectivity index (χ0n) is 14.8. The molecule has 3 rings (SSSR count). The SMILES string of the molecule is Cc1ccc(NC(=O)NC(=O)C[NH+]2CCc3sccc3[C@@H]2C)c(C)c1. The van der Waals surface area contributed by atoms with Gasteiger partial charge in [-0.2, -0.15) is 0 Å². The van der Waals surface area contributed by atoms with Gasteiger partial charge in [-0.1, -0.05) is 17.7 Å². The van der Waals surface area contributed by atoms with Gasteiger partial charge in [-0.05, 0) is 43.8 Å². The molecule has 25 heavy (non-hydrogen) atoms. The van der Waals surface area contributed by atoms with Crippen LogP contribution in [-0.4, -0.2) is 25.0 Å². The number of quaternary nitrogens is 1. The monoisotopic (exact) mass is 358 g/mol. The van der Waals surface area contributed by atoms with E-state index < -0.39 is 6.03 Å². The average Bonchev–Trinajstić information content (AvgIpc) is 3.02. The van der Waals surface area contributed by atoms with E-state index >= 15 is 0 Å². The van der Waals surface area contributed by atoms with Gasteiger partial charge in [0, 0.05) is 22.5 Å². The summed E-state index contributed by atoms with van der Waals surface area (Å²) in [5, 5.41) is 7.31. The fourth-order valence-electron chi connectivity index (χ4n) is 3.38. The van der Waals surface area contributed by atoms with Gasteiger partial charge < -0.3 is 10.2 Å². The zero-order valence-corrected chi connectivity index (χ0v) is 15.6. The first-order valence-electron chi connectivity index (χ1n) is 8.53. The van der Waals surface area contributed by atoms with Gasteiger partial charge >= 0.3 is 6.03 Å². The second kappa shape index (κ2) is 7.37. The minimum Gasteiger partial charge on any atom is -0.321 e. The highest BCUT2D eigenvalue weighted by Crippen LogP contribution is 2.24. The van der Waals surface area contributed by atoms with Crippen molar-refractivity contribution in [2.24, 2.45) is 0 Å². The number of nitrogens with one attached hydrogen (secondary N) is 3. The van der Waals surface area contributed by atoms with Gasteiger partial charge in [0.15, 0.2) is 6.54 Å². The number of hydrogen-bond acceptors (Lipinski definition) is 3. The standard InChI is InChI=1S/C19H23N3O2S/c1-12-4-5-16(13(2)10-12)20-19(24)21-18(23)11-22-8-6-17-15(14(22)3)7-9-25-17/h4-5,7,9-10,14H,6,8,11H2,1-3H3,(H2,20,21,23,24)/p+1/t14-/m0/s1. The lowest BCUT2D eigenvalue weighted by Crippen LogP contribution is -3.14. The lowest BCUT2D eigenvalue weighted by molar-refractivity contribution is -0.924. The highest BCUT2D eigenvalue weighted by Gasteiger charge is 2.30. The molecule has 6 heteroatoms. The van der Waals surface area contributed by atoms with Crippen molar-refractivity contribution in [1.29, 1.82) is 0 Å². The summed E-state index contributed by atoms with van der Waals surface area (Å²) in [7, 11) is 0. The van der Waals surface area contributed by atoms with Crippen LogP contribution in [0.5, 0.6) is 0 Å². The number of fused-ring (bicyclic) bond motifs is 1. The van der Waals surface area contributed by atoms with Crippen LogP contribution < -0.4 is 15.5 Å². The van der Waals surface area contributed by atoms with E-state index in [4.69, 9.17) is 0 Å². The van der Waals surface area contributed by atoms with Crippen LogP contribution in [0, 0.1) is 13.8 Å². The van der Waals surface area contributed by atoms with Crippen molar-refractivity contribution in [3.05, 3.63) is 51.2 Å². The number of carbonyl (C=O) groups excluding carboxylic acids is 2. The second-order valence-electron chi connectivity index (χ2n) is 6.68. The number of benzene rings is 1. The lowest BCUT2D eigenvalue weighted by atomic mass is 10.0. The third-order valence-corrected chi connectivity index (χ3v) is 5.80. The van der Waals surface area contributed by atoms with Crippen LogP contribution in [0.3, 0.4) is 0 Å². The maximum atomic E-state index is 12.3. The van der Waals surface area contributed by atoms with E-state index in [2.05, 4.69) is 29.0 Å². The Hall–Kier alpha value is -2.18. The molecule has 5 nitrogen and oxygen atoms in total. The quantitative estimate of drug-likeness (QED) is 0.788. The maximum Gasteiger partial charge on any atom is 0.326 e. The summed E-state index contributed by atoms with van der Waals surface area (Å²) in [6, 6.07) is 7.73. The Morgan fingerprint density at radius 2 is 2.08 bits per heavy atom. The molecule has 0 saturated heterocycles. The van der Waals surface area contributed by atoms with Crippen molar-refractivity contribution in [1.82, 2.24) is 5.32 Å². The molecule has 0 fully saturated rings. The van der Waals surface area contributed by atoms with Gasteiger partial charge in [0.1, 0.15) is 6.04 Å². The molecular formula is C19H24N3O2S+. The van der Waals surface area contributed by atoms with E-state index in [0.717, 1.165) is 29.8 Å². The molecule has 1 aliphatic heterocycles. The first-order chi connectivity index (χ1) is 11.9. The molecule has 2 heterocycles. The third kappa shape index (κ3) is 4.08. The molecule has 0 saturated carbocycles. The third-order valence-electron chi connectivity index (χ3n) is 4.80.